The maximum Gasteiger partial charge on any atom is 0.319 e. The lowest BCUT2D eigenvalue weighted by atomic mass is 10.2. The van der Waals surface area contributed by atoms with E-state index in [1.54, 1.807) is 18.2 Å². The van der Waals surface area contributed by atoms with Crippen molar-refractivity contribution < 1.29 is 23.4 Å². The van der Waals surface area contributed by atoms with Gasteiger partial charge in [-0.2, -0.15) is 0 Å². The molecule has 3 rings (SSSR count). The number of nitrogens with one attached hydrogen (secondary N) is 2. The summed E-state index contributed by atoms with van der Waals surface area (Å²) in [6.45, 7) is 1.44. The van der Waals surface area contributed by atoms with Crippen LogP contribution in [0.15, 0.2) is 36.4 Å². The number of anilines is 1. The van der Waals surface area contributed by atoms with Gasteiger partial charge in [0.15, 0.2) is 11.5 Å². The SMILES string of the molecule is O=C(NCCOc1ccc(F)cc1Cl)Nc1ccc2c(c1)OCCO2. The average molecular weight is 367 g/mol. The van der Waals surface area contributed by atoms with E-state index in [1.165, 1.54) is 18.2 Å². The number of carbonyl (C=O) groups is 1. The third kappa shape index (κ3) is 4.67. The van der Waals surface area contributed by atoms with Gasteiger partial charge < -0.3 is 24.8 Å². The van der Waals surface area contributed by atoms with Gasteiger partial charge in [0.05, 0.1) is 11.6 Å². The smallest absolute Gasteiger partial charge is 0.319 e. The molecule has 2 N–H and O–H groups in total. The van der Waals surface area contributed by atoms with Crippen molar-refractivity contribution in [2.45, 2.75) is 0 Å². The van der Waals surface area contributed by atoms with Crippen LogP contribution >= 0.6 is 11.6 Å². The molecule has 2 aromatic rings. The number of urea groups is 1. The summed E-state index contributed by atoms with van der Waals surface area (Å²) >= 11 is 5.85. The molecule has 0 saturated heterocycles. The van der Waals surface area contributed by atoms with E-state index >= 15 is 0 Å². The fourth-order valence-corrected chi connectivity index (χ4v) is 2.44. The van der Waals surface area contributed by atoms with Crippen LogP contribution in [0.3, 0.4) is 0 Å². The Morgan fingerprint density at radius 2 is 1.96 bits per heavy atom. The zero-order valence-electron chi connectivity index (χ0n) is 13.2. The fraction of sp³-hybridized carbons (Fsp3) is 0.235. The molecule has 2 aromatic carbocycles. The molecule has 0 saturated carbocycles. The van der Waals surface area contributed by atoms with Crippen molar-refractivity contribution in [1.29, 1.82) is 0 Å². The van der Waals surface area contributed by atoms with Crippen LogP contribution in [0.5, 0.6) is 17.2 Å². The van der Waals surface area contributed by atoms with E-state index in [4.69, 9.17) is 25.8 Å². The molecule has 0 radical (unpaired) electrons. The molecular weight excluding hydrogens is 351 g/mol. The normalized spacial score (nSPS) is 12.4. The average Bonchev–Trinajstić information content (AvgIpc) is 2.60. The van der Waals surface area contributed by atoms with Gasteiger partial charge in [-0.1, -0.05) is 11.6 Å². The molecule has 0 unspecified atom stereocenters. The van der Waals surface area contributed by atoms with Crippen molar-refractivity contribution in [2.75, 3.05) is 31.7 Å². The summed E-state index contributed by atoms with van der Waals surface area (Å²) in [6, 6.07) is 8.63. The molecule has 0 aromatic heterocycles. The third-order valence-electron chi connectivity index (χ3n) is 3.34. The largest absolute Gasteiger partial charge is 0.490 e. The molecule has 2 amide bonds. The maximum absolute atomic E-state index is 12.9. The maximum atomic E-state index is 12.9. The van der Waals surface area contributed by atoms with Crippen LogP contribution in [0.25, 0.3) is 0 Å². The van der Waals surface area contributed by atoms with Crippen molar-refractivity contribution in [3.63, 3.8) is 0 Å². The topological polar surface area (TPSA) is 68.8 Å². The summed E-state index contributed by atoms with van der Waals surface area (Å²) in [5.74, 6) is 1.17. The van der Waals surface area contributed by atoms with Gasteiger partial charge in [-0.05, 0) is 30.3 Å². The molecule has 132 valence electrons. The zero-order chi connectivity index (χ0) is 17.6. The Morgan fingerprint density at radius 1 is 1.16 bits per heavy atom. The van der Waals surface area contributed by atoms with Gasteiger partial charge in [-0.15, -0.1) is 0 Å². The van der Waals surface area contributed by atoms with E-state index in [2.05, 4.69) is 10.6 Å². The van der Waals surface area contributed by atoms with E-state index in [0.29, 0.717) is 36.1 Å². The number of hydrogen-bond acceptors (Lipinski definition) is 4. The highest BCUT2D eigenvalue weighted by atomic mass is 35.5. The number of benzene rings is 2. The molecule has 6 nitrogen and oxygen atoms in total. The van der Waals surface area contributed by atoms with E-state index < -0.39 is 5.82 Å². The molecule has 25 heavy (non-hydrogen) atoms. The summed E-state index contributed by atoms with van der Waals surface area (Å²) in [6.07, 6.45) is 0. The lowest BCUT2D eigenvalue weighted by molar-refractivity contribution is 0.171. The van der Waals surface area contributed by atoms with Crippen LogP contribution in [0.4, 0.5) is 14.9 Å². The van der Waals surface area contributed by atoms with E-state index in [0.717, 1.165) is 0 Å². The molecule has 1 heterocycles. The molecule has 0 spiro atoms. The van der Waals surface area contributed by atoms with Gasteiger partial charge in [-0.25, -0.2) is 9.18 Å². The molecule has 1 aliphatic heterocycles. The molecule has 0 fully saturated rings. The number of amides is 2. The first-order valence-corrected chi connectivity index (χ1v) is 8.02. The standard InChI is InChI=1S/C17H16ClFN2O4/c18-13-9-11(19)1-3-14(13)23-6-5-20-17(22)21-12-2-4-15-16(10-12)25-8-7-24-15/h1-4,9-10H,5-8H2,(H2,20,21,22). The molecule has 1 aliphatic rings. The second-order valence-electron chi connectivity index (χ2n) is 5.16. The Labute approximate surface area is 148 Å². The number of carbonyl (C=O) groups excluding carboxylic acids is 1. The van der Waals surface area contributed by atoms with Crippen molar-refractivity contribution in [1.82, 2.24) is 5.32 Å². The number of hydrogen-bond donors (Lipinski definition) is 2. The van der Waals surface area contributed by atoms with E-state index in [-0.39, 0.29) is 24.2 Å². The summed E-state index contributed by atoms with van der Waals surface area (Å²) in [7, 11) is 0. The minimum atomic E-state index is -0.436. The third-order valence-corrected chi connectivity index (χ3v) is 3.63. The number of ether oxygens (including phenoxy) is 3. The first-order chi connectivity index (χ1) is 12.1. The van der Waals surface area contributed by atoms with Gasteiger partial charge in [0.1, 0.15) is 31.4 Å². The zero-order valence-corrected chi connectivity index (χ0v) is 13.9. The second kappa shape index (κ2) is 7.94. The Hall–Kier alpha value is -2.67. The number of fused-ring (bicyclic) bond motifs is 1. The summed E-state index contributed by atoms with van der Waals surface area (Å²) < 4.78 is 29.2. The predicted octanol–water partition coefficient (Wildman–Crippen LogP) is 3.45. The van der Waals surface area contributed by atoms with Crippen LogP contribution in [-0.4, -0.2) is 32.4 Å². The summed E-state index contributed by atoms with van der Waals surface area (Å²) in [5.41, 5.74) is 0.587. The van der Waals surface area contributed by atoms with Crippen LogP contribution in [0, 0.1) is 5.82 Å². The molecular formula is C17H16ClFN2O4. The van der Waals surface area contributed by atoms with Crippen LogP contribution in [-0.2, 0) is 0 Å². The van der Waals surface area contributed by atoms with Crippen molar-refractivity contribution in [3.05, 3.63) is 47.2 Å². The Bertz CT molecular complexity index is 772. The van der Waals surface area contributed by atoms with Gasteiger partial charge in [0.2, 0.25) is 0 Å². The first-order valence-electron chi connectivity index (χ1n) is 7.64. The number of halogens is 2. The Kier molecular flexibility index (Phi) is 5.45. The van der Waals surface area contributed by atoms with E-state index in [1.807, 2.05) is 0 Å². The summed E-state index contributed by atoms with van der Waals surface area (Å²) in [4.78, 5) is 11.9. The fourth-order valence-electron chi connectivity index (χ4n) is 2.21. The van der Waals surface area contributed by atoms with Gasteiger partial charge >= 0.3 is 6.03 Å². The van der Waals surface area contributed by atoms with Crippen molar-refractivity contribution in [3.8, 4) is 17.2 Å². The quantitative estimate of drug-likeness (QED) is 0.795. The highest BCUT2D eigenvalue weighted by Gasteiger charge is 2.12. The van der Waals surface area contributed by atoms with Gasteiger partial charge in [-0.3, -0.25) is 0 Å². The molecule has 0 atom stereocenters. The predicted molar refractivity (Wildman–Crippen MR) is 91.4 cm³/mol. The second-order valence-corrected chi connectivity index (χ2v) is 5.57. The van der Waals surface area contributed by atoms with E-state index in [9.17, 15) is 9.18 Å². The van der Waals surface area contributed by atoms with Crippen molar-refractivity contribution >= 4 is 23.3 Å². The monoisotopic (exact) mass is 366 g/mol. The first kappa shape index (κ1) is 17.2. The van der Waals surface area contributed by atoms with Crippen LogP contribution in [0.1, 0.15) is 0 Å². The van der Waals surface area contributed by atoms with Crippen LogP contribution < -0.4 is 24.8 Å². The van der Waals surface area contributed by atoms with Crippen molar-refractivity contribution in [2.24, 2.45) is 0 Å². The highest BCUT2D eigenvalue weighted by Crippen LogP contribution is 2.32. The van der Waals surface area contributed by atoms with Gasteiger partial charge in [0, 0.05) is 11.8 Å². The highest BCUT2D eigenvalue weighted by molar-refractivity contribution is 6.32. The Balaban J connectivity index is 1.43. The summed E-state index contributed by atoms with van der Waals surface area (Å²) in [5, 5.41) is 5.52. The molecule has 8 heteroatoms. The van der Waals surface area contributed by atoms with Gasteiger partial charge in [0.25, 0.3) is 0 Å². The number of rotatable bonds is 5. The molecule has 0 bridgehead atoms. The molecule has 0 aliphatic carbocycles. The minimum Gasteiger partial charge on any atom is -0.490 e. The lowest BCUT2D eigenvalue weighted by Gasteiger charge is -2.19. The Morgan fingerprint density at radius 3 is 2.76 bits per heavy atom. The lowest BCUT2D eigenvalue weighted by Crippen LogP contribution is -2.32. The van der Waals surface area contributed by atoms with Crippen LogP contribution in [0.2, 0.25) is 5.02 Å². The minimum absolute atomic E-state index is 0.181.